The fraction of sp³-hybridized carbons (Fsp3) is 0.464. The Balaban J connectivity index is 1.65. The molecular weight excluding hydrogens is 458 g/mol. The van der Waals surface area contributed by atoms with Crippen molar-refractivity contribution in [3.05, 3.63) is 71.3 Å². The molecule has 6 N–H and O–H groups in total. The number of aryl methyl sites for hydroxylation is 1. The van der Waals surface area contributed by atoms with E-state index in [-0.39, 0.29) is 19.0 Å². The van der Waals surface area contributed by atoms with Crippen molar-refractivity contribution < 1.29 is 24.6 Å². The first kappa shape index (κ1) is 27.5. The summed E-state index contributed by atoms with van der Waals surface area (Å²) in [7, 11) is 0. The molecule has 0 amide bonds. The van der Waals surface area contributed by atoms with Gasteiger partial charge < -0.3 is 21.3 Å². The Morgan fingerprint density at radius 3 is 2.08 bits per heavy atom. The summed E-state index contributed by atoms with van der Waals surface area (Å²) in [6.07, 6.45) is 4.00. The minimum absolute atomic E-state index is 0.00362. The van der Waals surface area contributed by atoms with E-state index in [1.807, 2.05) is 42.5 Å². The van der Waals surface area contributed by atoms with Crippen molar-refractivity contribution in [1.82, 2.24) is 10.6 Å². The van der Waals surface area contributed by atoms with Gasteiger partial charge in [-0.25, -0.2) is 0 Å². The highest BCUT2D eigenvalue weighted by Crippen LogP contribution is 2.22. The first-order valence-corrected chi connectivity index (χ1v) is 12.7. The van der Waals surface area contributed by atoms with Crippen LogP contribution >= 0.6 is 0 Å². The second kappa shape index (κ2) is 13.9. The Labute approximate surface area is 212 Å². The minimum atomic E-state index is -1.27. The van der Waals surface area contributed by atoms with Crippen LogP contribution in [0.4, 0.5) is 0 Å². The second-order valence-corrected chi connectivity index (χ2v) is 9.49. The number of carboxylic acids is 2. The molecule has 194 valence electrons. The normalized spacial score (nSPS) is 15.7. The van der Waals surface area contributed by atoms with Crippen LogP contribution in [0.25, 0.3) is 0 Å². The van der Waals surface area contributed by atoms with E-state index < -0.39 is 35.7 Å². The number of Topliss-reactive ketones (excluding diaryl/α,β-unsaturated/α-hetero) is 1. The molecule has 1 aliphatic rings. The number of ketones is 1. The van der Waals surface area contributed by atoms with Crippen molar-refractivity contribution in [2.24, 2.45) is 11.7 Å². The fourth-order valence-electron chi connectivity index (χ4n) is 4.82. The third kappa shape index (κ3) is 7.98. The van der Waals surface area contributed by atoms with Gasteiger partial charge in [-0.2, -0.15) is 0 Å². The van der Waals surface area contributed by atoms with Crippen LogP contribution in [0.3, 0.4) is 0 Å². The lowest BCUT2D eigenvalue weighted by Gasteiger charge is -2.26. The third-order valence-corrected chi connectivity index (χ3v) is 6.86. The van der Waals surface area contributed by atoms with E-state index in [0.717, 1.165) is 18.4 Å². The number of unbranched alkanes of at least 4 members (excludes halogenated alkanes) is 1. The highest BCUT2D eigenvalue weighted by atomic mass is 16.4. The van der Waals surface area contributed by atoms with Crippen LogP contribution in [0.1, 0.15) is 42.4 Å². The van der Waals surface area contributed by atoms with Crippen molar-refractivity contribution in [1.29, 1.82) is 0 Å². The number of carbonyl (C=O) groups excluding carboxylic acids is 1. The van der Waals surface area contributed by atoms with Crippen LogP contribution in [-0.2, 0) is 33.6 Å². The van der Waals surface area contributed by atoms with Crippen molar-refractivity contribution in [3.8, 4) is 0 Å². The summed E-state index contributed by atoms with van der Waals surface area (Å²) in [5.41, 5.74) is 9.08. The first-order valence-electron chi connectivity index (χ1n) is 12.7. The molecule has 0 bridgehead atoms. The van der Waals surface area contributed by atoms with Gasteiger partial charge >= 0.3 is 11.9 Å². The molecule has 0 aliphatic heterocycles. The maximum atomic E-state index is 13.4. The molecule has 1 aliphatic carbocycles. The lowest BCUT2D eigenvalue weighted by atomic mass is 9.92. The number of benzene rings is 2. The largest absolute Gasteiger partial charge is 0.481 e. The predicted octanol–water partition coefficient (Wildman–Crippen LogP) is 2.19. The highest BCUT2D eigenvalue weighted by Gasteiger charge is 2.35. The van der Waals surface area contributed by atoms with Gasteiger partial charge in [0.15, 0.2) is 5.78 Å². The number of fused-ring (bicyclic) bond motifs is 1. The SMILES string of the molecule is NCCCC[C@H](NC(CCc1ccccc1)C(=O)O)C(=O)C(CNC1Cc2ccccc2C1)C(=O)O. The zero-order valence-corrected chi connectivity index (χ0v) is 20.6. The first-order chi connectivity index (χ1) is 17.4. The van der Waals surface area contributed by atoms with Gasteiger partial charge in [0.1, 0.15) is 12.0 Å². The number of aliphatic carboxylic acids is 2. The lowest BCUT2D eigenvalue weighted by molar-refractivity contribution is -0.147. The summed E-state index contributed by atoms with van der Waals surface area (Å²) in [5, 5.41) is 25.9. The van der Waals surface area contributed by atoms with Crippen LogP contribution in [0, 0.1) is 5.92 Å². The maximum absolute atomic E-state index is 13.4. The van der Waals surface area contributed by atoms with E-state index in [1.165, 1.54) is 11.1 Å². The number of nitrogens with one attached hydrogen (secondary N) is 2. The van der Waals surface area contributed by atoms with Crippen LogP contribution in [-0.4, -0.2) is 59.1 Å². The molecule has 2 aromatic rings. The summed E-state index contributed by atoms with van der Waals surface area (Å²) < 4.78 is 0. The molecule has 0 saturated heterocycles. The molecule has 3 atom stereocenters. The minimum Gasteiger partial charge on any atom is -0.481 e. The van der Waals surface area contributed by atoms with Gasteiger partial charge in [0.05, 0.1) is 6.04 Å². The van der Waals surface area contributed by atoms with Gasteiger partial charge in [-0.3, -0.25) is 19.7 Å². The van der Waals surface area contributed by atoms with Crippen LogP contribution in [0.2, 0.25) is 0 Å². The van der Waals surface area contributed by atoms with Gasteiger partial charge in [0.2, 0.25) is 0 Å². The molecule has 0 aromatic heterocycles. The summed E-state index contributed by atoms with van der Waals surface area (Å²) >= 11 is 0. The molecule has 0 radical (unpaired) electrons. The molecule has 0 fully saturated rings. The fourth-order valence-corrected chi connectivity index (χ4v) is 4.82. The third-order valence-electron chi connectivity index (χ3n) is 6.86. The monoisotopic (exact) mass is 495 g/mol. The average Bonchev–Trinajstić information content (AvgIpc) is 3.28. The zero-order valence-electron chi connectivity index (χ0n) is 20.6. The van der Waals surface area contributed by atoms with Crippen molar-refractivity contribution >= 4 is 17.7 Å². The van der Waals surface area contributed by atoms with E-state index in [1.54, 1.807) is 0 Å². The van der Waals surface area contributed by atoms with Crippen LogP contribution < -0.4 is 16.4 Å². The van der Waals surface area contributed by atoms with Gasteiger partial charge in [-0.05, 0) is 61.8 Å². The molecular formula is C28H37N3O5. The highest BCUT2D eigenvalue weighted by molar-refractivity contribution is 6.01. The number of rotatable bonds is 16. The van der Waals surface area contributed by atoms with Crippen molar-refractivity contribution in [2.75, 3.05) is 13.1 Å². The van der Waals surface area contributed by atoms with E-state index >= 15 is 0 Å². The van der Waals surface area contributed by atoms with Gasteiger partial charge in [-0.15, -0.1) is 0 Å². The molecule has 8 heteroatoms. The summed E-state index contributed by atoms with van der Waals surface area (Å²) in [4.78, 5) is 37.5. The molecule has 0 spiro atoms. The number of hydrogen-bond acceptors (Lipinski definition) is 6. The molecule has 3 rings (SSSR count). The number of carboxylic acid groups (broad SMARTS) is 2. The van der Waals surface area contributed by atoms with Crippen molar-refractivity contribution in [3.63, 3.8) is 0 Å². The quantitative estimate of drug-likeness (QED) is 0.176. The molecule has 8 nitrogen and oxygen atoms in total. The average molecular weight is 496 g/mol. The molecule has 0 saturated carbocycles. The number of carbonyl (C=O) groups is 3. The predicted molar refractivity (Wildman–Crippen MR) is 138 cm³/mol. The summed E-state index contributed by atoms with van der Waals surface area (Å²) in [5.74, 6) is -4.03. The summed E-state index contributed by atoms with van der Waals surface area (Å²) in [6.45, 7) is 0.451. The Kier molecular flexibility index (Phi) is 10.6. The van der Waals surface area contributed by atoms with Gasteiger partial charge in [-0.1, -0.05) is 61.0 Å². The van der Waals surface area contributed by atoms with Crippen molar-refractivity contribution in [2.45, 2.75) is 63.1 Å². The van der Waals surface area contributed by atoms with E-state index in [2.05, 4.69) is 22.8 Å². The van der Waals surface area contributed by atoms with E-state index in [4.69, 9.17) is 5.73 Å². The number of hydrogen-bond donors (Lipinski definition) is 5. The Morgan fingerprint density at radius 2 is 1.50 bits per heavy atom. The maximum Gasteiger partial charge on any atom is 0.320 e. The lowest BCUT2D eigenvalue weighted by Crippen LogP contribution is -2.52. The van der Waals surface area contributed by atoms with E-state index in [9.17, 15) is 24.6 Å². The van der Waals surface area contributed by atoms with E-state index in [0.29, 0.717) is 32.2 Å². The zero-order chi connectivity index (χ0) is 25.9. The molecule has 2 aromatic carbocycles. The van der Waals surface area contributed by atoms with Gasteiger partial charge in [0, 0.05) is 12.6 Å². The summed E-state index contributed by atoms with van der Waals surface area (Å²) in [6, 6.07) is 15.9. The topological polar surface area (TPSA) is 142 Å². The smallest absolute Gasteiger partial charge is 0.320 e. The molecule has 0 heterocycles. The van der Waals surface area contributed by atoms with Gasteiger partial charge in [0.25, 0.3) is 0 Å². The Hall–Kier alpha value is -3.07. The van der Waals surface area contributed by atoms with Crippen LogP contribution in [0.5, 0.6) is 0 Å². The number of nitrogens with two attached hydrogens (primary N) is 1. The Bertz CT molecular complexity index is 988. The Morgan fingerprint density at radius 1 is 0.861 bits per heavy atom. The molecule has 2 unspecified atom stereocenters. The second-order valence-electron chi connectivity index (χ2n) is 9.49. The molecule has 36 heavy (non-hydrogen) atoms. The van der Waals surface area contributed by atoms with Crippen LogP contribution in [0.15, 0.2) is 54.6 Å². The standard InChI is InChI=1S/C28H37N3O5/c29-15-7-6-12-24(31-25(28(35)36)14-13-19-8-2-1-3-9-19)26(32)23(27(33)34)18-30-22-16-20-10-4-5-11-21(20)17-22/h1-5,8-11,22-25,30-31H,6-7,12-18,29H2,(H,33,34)(H,35,36)/t23?,24-,25?/m0/s1.